The second kappa shape index (κ2) is 6.21. The first-order valence-electron chi connectivity index (χ1n) is 8.08. The predicted molar refractivity (Wildman–Crippen MR) is 94.9 cm³/mol. The van der Waals surface area contributed by atoms with Crippen LogP contribution in [-0.4, -0.2) is 29.7 Å². The number of nitrogens with one attached hydrogen (secondary N) is 1. The molecule has 0 atom stereocenters. The van der Waals surface area contributed by atoms with E-state index in [0.29, 0.717) is 11.3 Å². The van der Waals surface area contributed by atoms with Crippen molar-refractivity contribution < 1.29 is 23.2 Å². The first kappa shape index (κ1) is 16.7. The van der Waals surface area contributed by atoms with Gasteiger partial charge < -0.3 is 9.73 Å². The van der Waals surface area contributed by atoms with Gasteiger partial charge >= 0.3 is 0 Å². The second-order valence-electron chi connectivity index (χ2n) is 6.03. The highest BCUT2D eigenvalue weighted by atomic mass is 19.1. The molecule has 0 aliphatic carbocycles. The molecule has 0 unspecified atom stereocenters. The van der Waals surface area contributed by atoms with Crippen molar-refractivity contribution in [2.24, 2.45) is 0 Å². The van der Waals surface area contributed by atoms with Crippen molar-refractivity contribution in [3.8, 4) is 11.3 Å². The highest BCUT2D eigenvalue weighted by Crippen LogP contribution is 2.27. The Hall–Kier alpha value is -3.74. The zero-order valence-electron chi connectivity index (χ0n) is 14.2. The zero-order chi connectivity index (χ0) is 19.1. The van der Waals surface area contributed by atoms with Gasteiger partial charge in [-0.2, -0.15) is 0 Å². The number of benzene rings is 2. The second-order valence-corrected chi connectivity index (χ2v) is 6.03. The van der Waals surface area contributed by atoms with Crippen LogP contribution in [0.2, 0.25) is 0 Å². The van der Waals surface area contributed by atoms with E-state index in [1.54, 1.807) is 18.2 Å². The van der Waals surface area contributed by atoms with Crippen LogP contribution in [0.1, 0.15) is 31.3 Å². The molecule has 0 radical (unpaired) electrons. The number of rotatable bonds is 3. The number of hydrogen-bond donors (Lipinski definition) is 1. The molecule has 0 spiro atoms. The Morgan fingerprint density at radius 1 is 0.963 bits per heavy atom. The first-order chi connectivity index (χ1) is 13.0. The van der Waals surface area contributed by atoms with Gasteiger partial charge in [0.2, 0.25) is 0 Å². The summed E-state index contributed by atoms with van der Waals surface area (Å²) >= 11 is 0. The quantitative estimate of drug-likeness (QED) is 0.721. The number of nitrogens with zero attached hydrogens (tertiary/aromatic N) is 1. The van der Waals surface area contributed by atoms with Crippen LogP contribution in [0.25, 0.3) is 11.3 Å². The van der Waals surface area contributed by atoms with Crippen molar-refractivity contribution in [1.29, 1.82) is 0 Å². The Labute approximate surface area is 153 Å². The van der Waals surface area contributed by atoms with Crippen molar-refractivity contribution >= 4 is 23.4 Å². The Morgan fingerprint density at radius 3 is 2.48 bits per heavy atom. The van der Waals surface area contributed by atoms with Crippen LogP contribution in [0.15, 0.2) is 59.0 Å². The molecule has 0 bridgehead atoms. The summed E-state index contributed by atoms with van der Waals surface area (Å²) in [6.07, 6.45) is 0. The number of carbonyl (C=O) groups excluding carboxylic acids is 3. The summed E-state index contributed by atoms with van der Waals surface area (Å²) in [4.78, 5) is 37.4. The fourth-order valence-corrected chi connectivity index (χ4v) is 2.90. The summed E-state index contributed by atoms with van der Waals surface area (Å²) in [5.74, 6) is -1.59. The molecule has 0 saturated heterocycles. The van der Waals surface area contributed by atoms with E-state index < -0.39 is 17.6 Å². The molecule has 1 N–H and O–H groups in total. The third kappa shape index (κ3) is 2.79. The number of fused-ring (bicyclic) bond motifs is 1. The number of carbonyl (C=O) groups is 3. The number of imide groups is 1. The highest BCUT2D eigenvalue weighted by Gasteiger charge is 2.32. The topological polar surface area (TPSA) is 79.6 Å². The molecule has 4 rings (SSSR count). The van der Waals surface area contributed by atoms with E-state index in [4.69, 9.17) is 4.42 Å². The Kier molecular flexibility index (Phi) is 3.84. The SMILES string of the molecule is CN1C(=O)c2ccc(NC(=O)c3ccc(-c4ccccc4F)o3)cc2C1=O. The van der Waals surface area contributed by atoms with Gasteiger partial charge in [0.25, 0.3) is 17.7 Å². The lowest BCUT2D eigenvalue weighted by Crippen LogP contribution is -2.24. The summed E-state index contributed by atoms with van der Waals surface area (Å²) in [7, 11) is 1.40. The third-order valence-corrected chi connectivity index (χ3v) is 4.32. The van der Waals surface area contributed by atoms with Crippen LogP contribution in [0.4, 0.5) is 10.1 Å². The predicted octanol–water partition coefficient (Wildman–Crippen LogP) is 3.56. The molecule has 27 heavy (non-hydrogen) atoms. The van der Waals surface area contributed by atoms with E-state index in [9.17, 15) is 18.8 Å². The lowest BCUT2D eigenvalue weighted by molar-refractivity contribution is 0.0692. The van der Waals surface area contributed by atoms with Crippen LogP contribution in [0.5, 0.6) is 0 Å². The Balaban J connectivity index is 1.57. The molecule has 2 aromatic carbocycles. The van der Waals surface area contributed by atoms with Gasteiger partial charge in [0.1, 0.15) is 11.6 Å². The van der Waals surface area contributed by atoms with Gasteiger partial charge in [0.05, 0.1) is 16.7 Å². The average Bonchev–Trinajstić information content (AvgIpc) is 3.23. The maximum Gasteiger partial charge on any atom is 0.291 e. The minimum absolute atomic E-state index is 0.00623. The van der Waals surface area contributed by atoms with Gasteiger partial charge in [-0.1, -0.05) is 12.1 Å². The van der Waals surface area contributed by atoms with Crippen LogP contribution in [-0.2, 0) is 0 Å². The molecular weight excluding hydrogens is 351 g/mol. The molecule has 1 aliphatic rings. The number of amides is 3. The molecule has 0 saturated carbocycles. The molecule has 1 aliphatic heterocycles. The molecule has 2 heterocycles. The summed E-state index contributed by atoms with van der Waals surface area (Å²) in [6, 6.07) is 13.5. The zero-order valence-corrected chi connectivity index (χ0v) is 14.2. The number of anilines is 1. The van der Waals surface area contributed by atoms with E-state index >= 15 is 0 Å². The smallest absolute Gasteiger partial charge is 0.291 e. The van der Waals surface area contributed by atoms with Crippen LogP contribution in [0, 0.1) is 5.82 Å². The maximum absolute atomic E-state index is 13.8. The number of halogens is 1. The summed E-state index contributed by atoms with van der Waals surface area (Å²) in [6.45, 7) is 0. The van der Waals surface area contributed by atoms with Crippen molar-refractivity contribution in [1.82, 2.24) is 4.90 Å². The van der Waals surface area contributed by atoms with E-state index in [1.807, 2.05) is 0 Å². The van der Waals surface area contributed by atoms with E-state index in [0.717, 1.165) is 4.90 Å². The fraction of sp³-hybridized carbons (Fsp3) is 0.0500. The molecule has 3 aromatic rings. The van der Waals surface area contributed by atoms with Crippen molar-refractivity contribution in [2.75, 3.05) is 12.4 Å². The lowest BCUT2D eigenvalue weighted by atomic mass is 10.1. The van der Waals surface area contributed by atoms with Gasteiger partial charge in [-0.15, -0.1) is 0 Å². The summed E-state index contributed by atoms with van der Waals surface area (Å²) in [5, 5.41) is 2.61. The average molecular weight is 364 g/mol. The molecule has 7 heteroatoms. The maximum atomic E-state index is 13.8. The standard InChI is InChI=1S/C20H13FN2O4/c1-23-19(25)12-7-6-11(10-14(12)20(23)26)22-18(24)17-9-8-16(27-17)13-4-2-3-5-15(13)21/h2-10H,1H3,(H,22,24). The fourth-order valence-electron chi connectivity index (χ4n) is 2.90. The molecule has 134 valence electrons. The first-order valence-corrected chi connectivity index (χ1v) is 8.08. The molecule has 6 nitrogen and oxygen atoms in total. The van der Waals surface area contributed by atoms with Gasteiger partial charge in [-0.3, -0.25) is 19.3 Å². The van der Waals surface area contributed by atoms with E-state index in [2.05, 4.69) is 5.32 Å². The van der Waals surface area contributed by atoms with Crippen LogP contribution >= 0.6 is 0 Å². The van der Waals surface area contributed by atoms with Gasteiger partial charge in [-0.05, 0) is 42.5 Å². The Bertz CT molecular complexity index is 1100. The normalized spacial score (nSPS) is 13.0. The van der Waals surface area contributed by atoms with E-state index in [-0.39, 0.29) is 28.6 Å². The highest BCUT2D eigenvalue weighted by molar-refractivity contribution is 6.21. The summed E-state index contributed by atoms with van der Waals surface area (Å²) in [5.41, 5.74) is 1.12. The molecule has 3 amide bonds. The monoisotopic (exact) mass is 364 g/mol. The third-order valence-electron chi connectivity index (χ3n) is 4.32. The largest absolute Gasteiger partial charge is 0.451 e. The van der Waals surface area contributed by atoms with Crippen molar-refractivity contribution in [2.45, 2.75) is 0 Å². The molecular formula is C20H13FN2O4. The minimum Gasteiger partial charge on any atom is -0.451 e. The number of hydrogen-bond acceptors (Lipinski definition) is 4. The molecule has 1 aromatic heterocycles. The van der Waals surface area contributed by atoms with Gasteiger partial charge in [0.15, 0.2) is 5.76 Å². The van der Waals surface area contributed by atoms with Crippen molar-refractivity contribution in [3.63, 3.8) is 0 Å². The molecule has 0 fully saturated rings. The van der Waals surface area contributed by atoms with Crippen molar-refractivity contribution in [3.05, 3.63) is 77.3 Å². The van der Waals surface area contributed by atoms with Crippen LogP contribution < -0.4 is 5.32 Å². The van der Waals surface area contributed by atoms with E-state index in [1.165, 1.54) is 43.4 Å². The van der Waals surface area contributed by atoms with Crippen LogP contribution in [0.3, 0.4) is 0 Å². The summed E-state index contributed by atoms with van der Waals surface area (Å²) < 4.78 is 19.3. The minimum atomic E-state index is -0.553. The van der Waals surface area contributed by atoms with Gasteiger partial charge in [-0.25, -0.2) is 4.39 Å². The lowest BCUT2D eigenvalue weighted by Gasteiger charge is -2.05. The van der Waals surface area contributed by atoms with Gasteiger partial charge in [0, 0.05) is 12.7 Å². The number of furan rings is 1. The Morgan fingerprint density at radius 2 is 1.70 bits per heavy atom.